The van der Waals surface area contributed by atoms with Crippen LogP contribution >= 0.6 is 11.6 Å². The number of nitrogens with zero attached hydrogens (tertiary/aromatic N) is 1. The zero-order valence-corrected chi connectivity index (χ0v) is 11.2. The lowest BCUT2D eigenvalue weighted by molar-refractivity contribution is 0.458. The second-order valence-corrected chi connectivity index (χ2v) is 4.61. The van der Waals surface area contributed by atoms with E-state index in [0.29, 0.717) is 23.2 Å². The van der Waals surface area contributed by atoms with Gasteiger partial charge in [-0.25, -0.2) is 4.98 Å². The fourth-order valence-corrected chi connectivity index (χ4v) is 1.91. The van der Waals surface area contributed by atoms with E-state index in [-0.39, 0.29) is 0 Å². The van der Waals surface area contributed by atoms with E-state index in [4.69, 9.17) is 22.1 Å². The van der Waals surface area contributed by atoms with Crippen LogP contribution in [0.1, 0.15) is 16.7 Å². The summed E-state index contributed by atoms with van der Waals surface area (Å²) >= 11 is 6.12. The average Bonchev–Trinajstić information content (AvgIpc) is 2.34. The lowest BCUT2D eigenvalue weighted by atomic mass is 10.2. The molecule has 3 nitrogen and oxygen atoms in total. The monoisotopic (exact) mass is 262 g/mol. The maximum absolute atomic E-state index is 6.12. The van der Waals surface area contributed by atoms with Gasteiger partial charge in [-0.3, -0.25) is 0 Å². The molecule has 18 heavy (non-hydrogen) atoms. The molecule has 0 amide bonds. The van der Waals surface area contributed by atoms with Gasteiger partial charge in [0.2, 0.25) is 5.88 Å². The minimum Gasteiger partial charge on any atom is -0.437 e. The maximum atomic E-state index is 6.12. The van der Waals surface area contributed by atoms with Crippen LogP contribution in [0.4, 0.5) is 0 Å². The summed E-state index contributed by atoms with van der Waals surface area (Å²) in [6.45, 7) is 4.39. The summed E-state index contributed by atoms with van der Waals surface area (Å²) in [6.07, 6.45) is 1.71. The van der Waals surface area contributed by atoms with Gasteiger partial charge in [-0.05, 0) is 43.2 Å². The number of aromatic nitrogens is 1. The molecule has 2 aromatic rings. The van der Waals surface area contributed by atoms with Gasteiger partial charge in [0.1, 0.15) is 5.75 Å². The summed E-state index contributed by atoms with van der Waals surface area (Å²) < 4.78 is 5.71. The molecule has 1 aromatic heterocycles. The summed E-state index contributed by atoms with van der Waals surface area (Å²) in [5.41, 5.74) is 8.57. The fraction of sp³-hybridized carbons (Fsp3) is 0.214. The molecule has 0 aliphatic rings. The molecule has 0 radical (unpaired) electrons. The third-order valence-electron chi connectivity index (χ3n) is 2.62. The second kappa shape index (κ2) is 5.38. The third kappa shape index (κ3) is 2.81. The number of halogens is 1. The average molecular weight is 263 g/mol. The Bertz CT molecular complexity index is 570. The predicted molar refractivity (Wildman–Crippen MR) is 73.1 cm³/mol. The molecular weight excluding hydrogens is 248 g/mol. The van der Waals surface area contributed by atoms with Gasteiger partial charge in [0.25, 0.3) is 0 Å². The van der Waals surface area contributed by atoms with Crippen LogP contribution in [0.3, 0.4) is 0 Å². The van der Waals surface area contributed by atoms with Gasteiger partial charge in [0.05, 0.1) is 5.02 Å². The zero-order valence-electron chi connectivity index (χ0n) is 10.4. The summed E-state index contributed by atoms with van der Waals surface area (Å²) in [5.74, 6) is 1.16. The molecule has 0 atom stereocenters. The molecule has 2 N–H and O–H groups in total. The van der Waals surface area contributed by atoms with Crippen molar-refractivity contribution in [1.82, 2.24) is 4.98 Å². The minimum atomic E-state index is 0.472. The lowest BCUT2D eigenvalue weighted by Crippen LogP contribution is -1.99. The zero-order chi connectivity index (χ0) is 13.1. The Kier molecular flexibility index (Phi) is 3.84. The molecule has 0 bridgehead atoms. The Morgan fingerprint density at radius 3 is 2.67 bits per heavy atom. The van der Waals surface area contributed by atoms with Crippen LogP contribution in [0, 0.1) is 13.8 Å². The summed E-state index contributed by atoms with van der Waals surface area (Å²) in [6, 6.07) is 7.62. The van der Waals surface area contributed by atoms with Gasteiger partial charge in [0, 0.05) is 18.3 Å². The molecule has 0 unspecified atom stereocenters. The van der Waals surface area contributed by atoms with Crippen LogP contribution in [-0.2, 0) is 6.54 Å². The number of hydrogen-bond donors (Lipinski definition) is 1. The van der Waals surface area contributed by atoms with Crippen molar-refractivity contribution >= 4 is 11.6 Å². The normalized spacial score (nSPS) is 10.4. The van der Waals surface area contributed by atoms with Gasteiger partial charge in [-0.1, -0.05) is 17.7 Å². The van der Waals surface area contributed by atoms with E-state index in [1.165, 1.54) is 0 Å². The first-order valence-corrected chi connectivity index (χ1v) is 6.07. The molecule has 0 aliphatic heterocycles. The highest BCUT2D eigenvalue weighted by Gasteiger charge is 2.07. The van der Waals surface area contributed by atoms with Crippen LogP contribution in [0.2, 0.25) is 5.02 Å². The van der Waals surface area contributed by atoms with Crippen LogP contribution in [0.25, 0.3) is 0 Å². The first kappa shape index (κ1) is 12.9. The van der Waals surface area contributed by atoms with Crippen LogP contribution in [-0.4, -0.2) is 4.98 Å². The van der Waals surface area contributed by atoms with Crippen molar-refractivity contribution in [3.05, 3.63) is 52.2 Å². The van der Waals surface area contributed by atoms with E-state index in [1.54, 1.807) is 6.20 Å². The predicted octanol–water partition coefficient (Wildman–Crippen LogP) is 3.60. The van der Waals surface area contributed by atoms with E-state index >= 15 is 0 Å². The van der Waals surface area contributed by atoms with Gasteiger partial charge in [0.15, 0.2) is 0 Å². The smallest absolute Gasteiger partial charge is 0.222 e. The molecule has 0 aliphatic carbocycles. The van der Waals surface area contributed by atoms with Crippen LogP contribution < -0.4 is 10.5 Å². The van der Waals surface area contributed by atoms with Crippen molar-refractivity contribution in [2.45, 2.75) is 20.4 Å². The highest BCUT2D eigenvalue weighted by Crippen LogP contribution is 2.30. The highest BCUT2D eigenvalue weighted by molar-refractivity contribution is 6.32. The van der Waals surface area contributed by atoms with Gasteiger partial charge >= 0.3 is 0 Å². The van der Waals surface area contributed by atoms with Crippen LogP contribution in [0.5, 0.6) is 11.6 Å². The van der Waals surface area contributed by atoms with E-state index in [9.17, 15) is 0 Å². The standard InChI is InChI=1S/C14H15ClN2O/c1-9-3-4-13(12(15)5-9)18-14-10(2)6-11(7-16)8-17-14/h3-6,8H,7,16H2,1-2H3. The van der Waals surface area contributed by atoms with E-state index in [0.717, 1.165) is 16.7 Å². The van der Waals surface area contributed by atoms with Crippen LogP contribution in [0.15, 0.2) is 30.5 Å². The van der Waals surface area contributed by atoms with E-state index < -0.39 is 0 Å². The molecule has 0 saturated carbocycles. The topological polar surface area (TPSA) is 48.1 Å². The Labute approximate surface area is 112 Å². The van der Waals surface area contributed by atoms with Crippen molar-refractivity contribution < 1.29 is 4.74 Å². The molecule has 1 aromatic carbocycles. The number of aryl methyl sites for hydroxylation is 2. The van der Waals surface area contributed by atoms with Gasteiger partial charge in [-0.15, -0.1) is 0 Å². The molecule has 1 heterocycles. The quantitative estimate of drug-likeness (QED) is 0.919. The Balaban J connectivity index is 2.28. The van der Waals surface area contributed by atoms with Crippen molar-refractivity contribution in [2.75, 3.05) is 0 Å². The number of pyridine rings is 1. The molecule has 0 spiro atoms. The van der Waals surface area contributed by atoms with Crippen molar-refractivity contribution in [1.29, 1.82) is 0 Å². The van der Waals surface area contributed by atoms with Crippen molar-refractivity contribution in [2.24, 2.45) is 5.73 Å². The highest BCUT2D eigenvalue weighted by atomic mass is 35.5. The first-order valence-electron chi connectivity index (χ1n) is 5.69. The lowest BCUT2D eigenvalue weighted by Gasteiger charge is -2.10. The number of benzene rings is 1. The number of ether oxygens (including phenoxy) is 1. The van der Waals surface area contributed by atoms with Crippen molar-refractivity contribution in [3.63, 3.8) is 0 Å². The summed E-state index contributed by atoms with van der Waals surface area (Å²) in [4.78, 5) is 4.25. The SMILES string of the molecule is Cc1ccc(Oc2ncc(CN)cc2C)c(Cl)c1. The van der Waals surface area contributed by atoms with Crippen molar-refractivity contribution in [3.8, 4) is 11.6 Å². The molecule has 0 saturated heterocycles. The largest absolute Gasteiger partial charge is 0.437 e. The molecule has 94 valence electrons. The Morgan fingerprint density at radius 1 is 1.28 bits per heavy atom. The Morgan fingerprint density at radius 2 is 2.06 bits per heavy atom. The molecular formula is C14H15ClN2O. The molecule has 4 heteroatoms. The number of nitrogens with two attached hydrogens (primary N) is 1. The summed E-state index contributed by atoms with van der Waals surface area (Å²) in [5, 5.41) is 0.583. The maximum Gasteiger partial charge on any atom is 0.222 e. The van der Waals surface area contributed by atoms with Gasteiger partial charge < -0.3 is 10.5 Å². The van der Waals surface area contributed by atoms with E-state index in [1.807, 2.05) is 38.1 Å². The minimum absolute atomic E-state index is 0.472. The van der Waals surface area contributed by atoms with E-state index in [2.05, 4.69) is 4.98 Å². The fourth-order valence-electron chi connectivity index (χ4n) is 1.63. The van der Waals surface area contributed by atoms with Gasteiger partial charge in [-0.2, -0.15) is 0 Å². The third-order valence-corrected chi connectivity index (χ3v) is 2.91. The number of rotatable bonds is 3. The first-order chi connectivity index (χ1) is 8.60. The molecule has 2 rings (SSSR count). The second-order valence-electron chi connectivity index (χ2n) is 4.21. The molecule has 0 fully saturated rings. The number of hydrogen-bond acceptors (Lipinski definition) is 3. The Hall–Kier alpha value is -1.58. The summed E-state index contributed by atoms with van der Waals surface area (Å²) in [7, 11) is 0.